The molecule has 2 heterocycles. The first-order chi connectivity index (χ1) is 18.3. The summed E-state index contributed by atoms with van der Waals surface area (Å²) in [6, 6.07) is 10.9. The van der Waals surface area contributed by atoms with Crippen molar-refractivity contribution in [3.63, 3.8) is 0 Å². The third kappa shape index (κ3) is 5.63. The van der Waals surface area contributed by atoms with Crippen LogP contribution in [0.4, 0.5) is 0 Å². The first-order valence-electron chi connectivity index (χ1n) is 12.1. The molecule has 3 atom stereocenters. The summed E-state index contributed by atoms with van der Waals surface area (Å²) in [6.07, 6.45) is 3.89. The average molecular weight is 574 g/mol. The van der Waals surface area contributed by atoms with Gasteiger partial charge in [0.25, 0.3) is 0 Å². The largest absolute Gasteiger partial charge is 0.489 e. The van der Waals surface area contributed by atoms with E-state index in [2.05, 4.69) is 10.3 Å². The summed E-state index contributed by atoms with van der Waals surface area (Å²) in [7, 11) is 0. The van der Waals surface area contributed by atoms with Crippen LogP contribution in [-0.4, -0.2) is 58.8 Å². The number of nitrogens with zero attached hydrogens (tertiary/aromatic N) is 2. The number of carbonyl (C=O) groups is 1. The number of aromatic nitrogens is 2. The molecular weight excluding hydrogens is 547 g/mol. The van der Waals surface area contributed by atoms with Crippen molar-refractivity contribution in [3.05, 3.63) is 76.1 Å². The number of carbonyl (C=O) groups excluding carboxylic acids is 1. The molecule has 5 rings (SSSR count). The Morgan fingerprint density at radius 2 is 2.18 bits per heavy atom. The Balaban J connectivity index is 1.39. The highest BCUT2D eigenvalue weighted by Crippen LogP contribution is 2.36. The molecule has 1 fully saturated rings. The normalized spacial score (nSPS) is 20.7. The molecule has 1 saturated heterocycles. The summed E-state index contributed by atoms with van der Waals surface area (Å²) in [6.45, 7) is 4.44. The highest BCUT2D eigenvalue weighted by molar-refractivity contribution is 7.81. The Morgan fingerprint density at radius 3 is 2.95 bits per heavy atom. The quantitative estimate of drug-likeness (QED) is 0.383. The van der Waals surface area contributed by atoms with E-state index in [4.69, 9.17) is 55.4 Å². The second-order valence-electron chi connectivity index (χ2n) is 8.99. The van der Waals surface area contributed by atoms with Gasteiger partial charge in [-0.1, -0.05) is 47.6 Å². The van der Waals surface area contributed by atoms with Gasteiger partial charge in [0.05, 0.1) is 39.2 Å². The van der Waals surface area contributed by atoms with Crippen molar-refractivity contribution in [1.82, 2.24) is 14.9 Å². The SMILES string of the molecule is C[C@@H](OC1C=C(n2cnc3cc(Cl)ccc32)C=C(C(N)=O)C1=S)c1cccc(OC[C@@H]2CNCCO2)c1Cl. The number of hydrogen-bond donors (Lipinski definition) is 2. The fraction of sp³-hybridized carbons (Fsp3) is 0.296. The highest BCUT2D eigenvalue weighted by atomic mass is 35.5. The minimum atomic E-state index is -0.713. The highest BCUT2D eigenvalue weighted by Gasteiger charge is 2.29. The number of halogens is 2. The minimum Gasteiger partial charge on any atom is -0.489 e. The van der Waals surface area contributed by atoms with Crippen molar-refractivity contribution < 1.29 is 19.0 Å². The minimum absolute atomic E-state index is 0.0467. The number of hydrogen-bond acceptors (Lipinski definition) is 7. The lowest BCUT2D eigenvalue weighted by Crippen LogP contribution is -2.41. The van der Waals surface area contributed by atoms with Crippen molar-refractivity contribution in [2.75, 3.05) is 26.3 Å². The maximum atomic E-state index is 12.3. The second-order valence-corrected chi connectivity index (χ2v) is 10.2. The lowest BCUT2D eigenvalue weighted by molar-refractivity contribution is -0.114. The zero-order valence-corrected chi connectivity index (χ0v) is 22.9. The van der Waals surface area contributed by atoms with E-state index in [-0.39, 0.29) is 11.7 Å². The molecule has 3 aromatic rings. The standard InChI is InChI=1S/C27H26Cl2N4O4S/c1-15(19-3-2-4-23(25(19)29)36-13-18-12-31-7-8-35-18)37-24-11-17(10-20(26(24)38)27(30)34)33-14-32-21-9-16(28)5-6-22(21)33/h2-6,9-11,14-15,18,24,31H,7-8,12-13H2,1H3,(H2,30,34)/t15-,18+,24?/m1/s1. The number of imidazole rings is 1. The van der Waals surface area contributed by atoms with Gasteiger partial charge in [-0.3, -0.25) is 9.36 Å². The Labute approximate surface area is 235 Å². The summed E-state index contributed by atoms with van der Waals surface area (Å²) < 4.78 is 19.9. The van der Waals surface area contributed by atoms with Crippen molar-refractivity contribution in [2.45, 2.75) is 25.2 Å². The van der Waals surface area contributed by atoms with Crippen LogP contribution in [0.5, 0.6) is 5.75 Å². The second kappa shape index (κ2) is 11.5. The van der Waals surface area contributed by atoms with E-state index in [1.165, 1.54) is 0 Å². The molecule has 11 heteroatoms. The van der Waals surface area contributed by atoms with Gasteiger partial charge < -0.3 is 25.3 Å². The van der Waals surface area contributed by atoms with Crippen molar-refractivity contribution in [2.24, 2.45) is 5.73 Å². The molecule has 8 nitrogen and oxygen atoms in total. The van der Waals surface area contributed by atoms with Crippen LogP contribution >= 0.6 is 35.4 Å². The summed E-state index contributed by atoms with van der Waals surface area (Å²) in [5, 5.41) is 4.30. The van der Waals surface area contributed by atoms with Gasteiger partial charge in [-0.05, 0) is 43.3 Å². The zero-order chi connectivity index (χ0) is 26.8. The number of primary amides is 1. The maximum Gasteiger partial charge on any atom is 0.250 e. The van der Waals surface area contributed by atoms with E-state index < -0.39 is 18.1 Å². The third-order valence-corrected chi connectivity index (χ3v) is 7.49. The summed E-state index contributed by atoms with van der Waals surface area (Å²) in [5.74, 6) is -0.0975. The molecule has 1 aliphatic heterocycles. The molecule has 0 bridgehead atoms. The van der Waals surface area contributed by atoms with Crippen LogP contribution in [0.2, 0.25) is 10.0 Å². The van der Waals surface area contributed by atoms with Gasteiger partial charge in [-0.15, -0.1) is 0 Å². The predicted molar refractivity (Wildman–Crippen MR) is 152 cm³/mol. The molecule has 2 aromatic carbocycles. The van der Waals surface area contributed by atoms with E-state index in [0.29, 0.717) is 45.1 Å². The van der Waals surface area contributed by atoms with Gasteiger partial charge in [0.15, 0.2) is 0 Å². The van der Waals surface area contributed by atoms with E-state index in [9.17, 15) is 4.79 Å². The van der Waals surface area contributed by atoms with Gasteiger partial charge in [0, 0.05) is 29.4 Å². The van der Waals surface area contributed by atoms with Crippen LogP contribution in [0, 0.1) is 0 Å². The molecule has 0 spiro atoms. The maximum absolute atomic E-state index is 12.3. The van der Waals surface area contributed by atoms with Gasteiger partial charge >= 0.3 is 0 Å². The Hall–Kier alpha value is -2.79. The first kappa shape index (κ1) is 26.8. The Bertz CT molecular complexity index is 1450. The van der Waals surface area contributed by atoms with Crippen LogP contribution in [0.1, 0.15) is 18.6 Å². The van der Waals surface area contributed by atoms with E-state index in [1.54, 1.807) is 24.5 Å². The number of ether oxygens (including phenoxy) is 3. The first-order valence-corrected chi connectivity index (χ1v) is 13.3. The van der Waals surface area contributed by atoms with E-state index in [0.717, 1.165) is 24.2 Å². The molecule has 198 valence electrons. The number of benzene rings is 2. The van der Waals surface area contributed by atoms with Gasteiger partial charge in [-0.25, -0.2) is 4.98 Å². The van der Waals surface area contributed by atoms with Crippen LogP contribution in [0.25, 0.3) is 16.7 Å². The Morgan fingerprint density at radius 1 is 1.34 bits per heavy atom. The van der Waals surface area contributed by atoms with E-state index in [1.807, 2.05) is 41.8 Å². The molecule has 0 radical (unpaired) electrons. The summed E-state index contributed by atoms with van der Waals surface area (Å²) in [5.41, 5.74) is 8.78. The van der Waals surface area contributed by atoms with Crippen LogP contribution < -0.4 is 15.8 Å². The topological polar surface area (TPSA) is 101 Å². The van der Waals surface area contributed by atoms with Crippen LogP contribution in [0.15, 0.2) is 60.5 Å². The number of fused-ring (bicyclic) bond motifs is 1. The van der Waals surface area contributed by atoms with Gasteiger partial charge in [0.2, 0.25) is 5.91 Å². The predicted octanol–water partition coefficient (Wildman–Crippen LogP) is 4.49. The third-order valence-electron chi connectivity index (χ3n) is 6.40. The molecule has 1 aromatic heterocycles. The number of nitrogens with one attached hydrogen (secondary N) is 1. The molecular formula is C27H26Cl2N4O4S. The molecule has 3 N–H and O–H groups in total. The Kier molecular flexibility index (Phi) is 8.13. The fourth-order valence-corrected chi connectivity index (χ4v) is 5.23. The molecule has 1 aliphatic carbocycles. The average Bonchev–Trinajstić information content (AvgIpc) is 3.32. The van der Waals surface area contributed by atoms with Gasteiger partial charge in [-0.2, -0.15) is 0 Å². The molecule has 0 saturated carbocycles. The lowest BCUT2D eigenvalue weighted by Gasteiger charge is -2.27. The van der Waals surface area contributed by atoms with E-state index >= 15 is 0 Å². The number of amides is 1. The molecule has 1 amide bonds. The number of morpholine rings is 1. The molecule has 38 heavy (non-hydrogen) atoms. The van der Waals surface area contributed by atoms with Crippen molar-refractivity contribution in [3.8, 4) is 5.75 Å². The zero-order valence-electron chi connectivity index (χ0n) is 20.5. The fourth-order valence-electron chi connectivity index (χ4n) is 4.44. The van der Waals surface area contributed by atoms with Crippen LogP contribution in [-0.2, 0) is 14.3 Å². The monoisotopic (exact) mass is 572 g/mol. The smallest absolute Gasteiger partial charge is 0.250 e. The number of thiocarbonyl (C=S) groups is 1. The number of allylic oxidation sites excluding steroid dienone is 2. The van der Waals surface area contributed by atoms with Crippen molar-refractivity contribution >= 4 is 62.9 Å². The van der Waals surface area contributed by atoms with Gasteiger partial charge in [0.1, 0.15) is 30.9 Å². The van der Waals surface area contributed by atoms with Crippen LogP contribution in [0.3, 0.4) is 0 Å². The lowest BCUT2D eigenvalue weighted by atomic mass is 9.98. The molecule has 2 aliphatic rings. The summed E-state index contributed by atoms with van der Waals surface area (Å²) >= 11 is 18.4. The van der Waals surface area contributed by atoms with Crippen molar-refractivity contribution in [1.29, 1.82) is 0 Å². The number of nitrogens with two attached hydrogens (primary N) is 1. The molecule has 1 unspecified atom stereocenters. The number of rotatable bonds is 8. The summed E-state index contributed by atoms with van der Waals surface area (Å²) in [4.78, 5) is 17.0.